The van der Waals surface area contributed by atoms with E-state index in [0.29, 0.717) is 6.42 Å². The molecule has 0 N–H and O–H groups in total. The Morgan fingerprint density at radius 2 is 2.00 bits per heavy atom. The third-order valence-electron chi connectivity index (χ3n) is 3.79. The van der Waals surface area contributed by atoms with Gasteiger partial charge in [0.25, 0.3) is 0 Å². The van der Waals surface area contributed by atoms with Crippen LogP contribution in [-0.2, 0) is 22.4 Å². The maximum absolute atomic E-state index is 11.0. The van der Waals surface area contributed by atoms with Crippen molar-refractivity contribution in [2.75, 3.05) is 6.61 Å². The summed E-state index contributed by atoms with van der Waals surface area (Å²) in [6.45, 7) is 8.52. The molecular weight excluding hydrogens is 308 g/mol. The zero-order valence-corrected chi connectivity index (χ0v) is 13.4. The topological polar surface area (TPSA) is 35.5 Å². The average Bonchev–Trinajstić information content (AvgIpc) is 2.80. The first kappa shape index (κ1) is 14.4. The number of halogens is 1. The fraction of sp³-hybridized carbons (Fsp3) is 0.533. The average molecular weight is 327 g/mol. The fourth-order valence-electron chi connectivity index (χ4n) is 2.70. The van der Waals surface area contributed by atoms with E-state index in [2.05, 4.69) is 36.7 Å². The van der Waals surface area contributed by atoms with E-state index in [1.54, 1.807) is 0 Å². The molecule has 3 nitrogen and oxygen atoms in total. The van der Waals surface area contributed by atoms with Crippen LogP contribution in [0.3, 0.4) is 0 Å². The first-order valence-corrected chi connectivity index (χ1v) is 7.39. The molecule has 1 aliphatic heterocycles. The first-order chi connectivity index (χ1) is 8.91. The van der Waals surface area contributed by atoms with Gasteiger partial charge >= 0.3 is 5.97 Å². The molecule has 0 bridgehead atoms. The summed E-state index contributed by atoms with van der Waals surface area (Å²) in [5, 5.41) is -0.276. The van der Waals surface area contributed by atoms with E-state index >= 15 is 0 Å². The predicted molar refractivity (Wildman–Crippen MR) is 78.0 cm³/mol. The molecule has 0 radical (unpaired) electrons. The molecule has 0 fully saturated rings. The number of carbonyl (C=O) groups is 1. The van der Waals surface area contributed by atoms with Crippen molar-refractivity contribution < 1.29 is 14.3 Å². The molecule has 1 unspecified atom stereocenters. The predicted octanol–water partition coefficient (Wildman–Crippen LogP) is 3.37. The van der Waals surface area contributed by atoms with E-state index in [0.717, 1.165) is 18.8 Å². The summed E-state index contributed by atoms with van der Waals surface area (Å²) < 4.78 is 10.9. The zero-order valence-electron chi connectivity index (χ0n) is 11.8. The highest BCUT2D eigenvalue weighted by Crippen LogP contribution is 2.37. The van der Waals surface area contributed by atoms with Crippen molar-refractivity contribution in [3.8, 4) is 5.75 Å². The van der Waals surface area contributed by atoms with Crippen LogP contribution in [0.1, 0.15) is 34.7 Å². The van der Waals surface area contributed by atoms with Crippen LogP contribution in [-0.4, -0.2) is 17.6 Å². The lowest BCUT2D eigenvalue weighted by molar-refractivity contribution is -0.142. The van der Waals surface area contributed by atoms with Gasteiger partial charge in [-0.3, -0.25) is 4.79 Å². The Labute approximate surface area is 122 Å². The number of hydrogen-bond donors (Lipinski definition) is 0. The zero-order chi connectivity index (χ0) is 14.2. The van der Waals surface area contributed by atoms with E-state index < -0.39 is 0 Å². The number of esters is 1. The fourth-order valence-corrected chi connectivity index (χ4v) is 3.28. The van der Waals surface area contributed by atoms with Crippen LogP contribution in [0.15, 0.2) is 0 Å². The summed E-state index contributed by atoms with van der Waals surface area (Å²) in [4.78, 5) is 11.0. The monoisotopic (exact) mass is 326 g/mol. The molecule has 0 aliphatic carbocycles. The SMILES string of the molecule is CC(=O)OC(Br)Cc1c(C)c(C)c2c(c1C)CCO2. The number of benzene rings is 1. The minimum Gasteiger partial charge on any atom is -0.493 e. The van der Waals surface area contributed by atoms with Crippen molar-refractivity contribution in [2.45, 2.75) is 45.5 Å². The summed E-state index contributed by atoms with van der Waals surface area (Å²) in [5.41, 5.74) is 6.27. The minimum atomic E-state index is -0.276. The van der Waals surface area contributed by atoms with Gasteiger partial charge in [0, 0.05) is 25.3 Å². The second-order valence-electron chi connectivity index (χ2n) is 4.98. The largest absolute Gasteiger partial charge is 0.493 e. The first-order valence-electron chi connectivity index (χ1n) is 6.47. The van der Waals surface area contributed by atoms with Crippen molar-refractivity contribution in [1.82, 2.24) is 0 Å². The molecule has 1 aromatic rings. The van der Waals surface area contributed by atoms with E-state index in [1.807, 2.05) is 0 Å². The Morgan fingerprint density at radius 3 is 2.63 bits per heavy atom. The molecule has 1 aliphatic rings. The number of ether oxygens (including phenoxy) is 2. The van der Waals surface area contributed by atoms with Gasteiger partial charge in [0.05, 0.1) is 6.61 Å². The van der Waals surface area contributed by atoms with Gasteiger partial charge in [-0.05, 0) is 59.0 Å². The standard InChI is InChI=1S/C15H19BrO3/c1-8-9(2)15-12(5-6-18-15)10(3)13(8)7-14(16)19-11(4)17/h14H,5-7H2,1-4H3. The van der Waals surface area contributed by atoms with Crippen molar-refractivity contribution in [2.24, 2.45) is 0 Å². The van der Waals surface area contributed by atoms with Crippen LogP contribution in [0.25, 0.3) is 0 Å². The van der Waals surface area contributed by atoms with Gasteiger partial charge < -0.3 is 9.47 Å². The van der Waals surface area contributed by atoms with Crippen molar-refractivity contribution in [1.29, 1.82) is 0 Å². The van der Waals surface area contributed by atoms with Crippen LogP contribution < -0.4 is 4.74 Å². The van der Waals surface area contributed by atoms with Gasteiger partial charge in [0.1, 0.15) is 5.75 Å². The van der Waals surface area contributed by atoms with Crippen LogP contribution in [0.2, 0.25) is 0 Å². The van der Waals surface area contributed by atoms with Crippen molar-refractivity contribution >= 4 is 21.9 Å². The second-order valence-corrected chi connectivity index (χ2v) is 6.00. The molecule has 1 heterocycles. The normalized spacial score (nSPS) is 14.8. The Bertz CT molecular complexity index is 523. The summed E-state index contributed by atoms with van der Waals surface area (Å²) in [6, 6.07) is 0. The summed E-state index contributed by atoms with van der Waals surface area (Å²) in [7, 11) is 0. The lowest BCUT2D eigenvalue weighted by atomic mass is 9.90. The second kappa shape index (κ2) is 5.53. The van der Waals surface area contributed by atoms with Crippen LogP contribution in [0.4, 0.5) is 0 Å². The molecule has 2 rings (SSSR count). The molecule has 0 amide bonds. The highest BCUT2D eigenvalue weighted by atomic mass is 79.9. The molecule has 0 aromatic heterocycles. The number of rotatable bonds is 3. The number of carbonyl (C=O) groups excluding carboxylic acids is 1. The molecule has 0 saturated carbocycles. The summed E-state index contributed by atoms with van der Waals surface area (Å²) >= 11 is 3.41. The third kappa shape index (κ3) is 2.78. The van der Waals surface area contributed by atoms with Crippen molar-refractivity contribution in [3.63, 3.8) is 0 Å². The van der Waals surface area contributed by atoms with Gasteiger partial charge in [0.2, 0.25) is 0 Å². The van der Waals surface area contributed by atoms with Gasteiger partial charge in [0.15, 0.2) is 5.01 Å². The van der Waals surface area contributed by atoms with E-state index in [-0.39, 0.29) is 11.0 Å². The molecule has 104 valence electrons. The van der Waals surface area contributed by atoms with Gasteiger partial charge in [-0.1, -0.05) is 0 Å². The van der Waals surface area contributed by atoms with E-state index in [9.17, 15) is 4.79 Å². The van der Waals surface area contributed by atoms with Gasteiger partial charge in [-0.2, -0.15) is 0 Å². The highest BCUT2D eigenvalue weighted by molar-refractivity contribution is 9.09. The lowest BCUT2D eigenvalue weighted by Crippen LogP contribution is -2.14. The Morgan fingerprint density at radius 1 is 1.32 bits per heavy atom. The van der Waals surface area contributed by atoms with Crippen molar-refractivity contribution in [3.05, 3.63) is 27.8 Å². The molecule has 1 atom stereocenters. The molecule has 19 heavy (non-hydrogen) atoms. The number of alkyl halides is 1. The molecule has 1 aromatic carbocycles. The molecular formula is C15H19BrO3. The maximum Gasteiger partial charge on any atom is 0.303 e. The Kier molecular flexibility index (Phi) is 4.19. The Hall–Kier alpha value is -1.03. The minimum absolute atomic E-state index is 0.265. The number of fused-ring (bicyclic) bond motifs is 1. The van der Waals surface area contributed by atoms with Crippen LogP contribution >= 0.6 is 15.9 Å². The maximum atomic E-state index is 11.0. The molecule has 4 heteroatoms. The smallest absolute Gasteiger partial charge is 0.303 e. The molecule has 0 saturated heterocycles. The van der Waals surface area contributed by atoms with E-state index in [1.165, 1.54) is 34.7 Å². The van der Waals surface area contributed by atoms with E-state index in [4.69, 9.17) is 9.47 Å². The quantitative estimate of drug-likeness (QED) is 0.631. The Balaban J connectivity index is 2.36. The lowest BCUT2D eigenvalue weighted by Gasteiger charge is -2.19. The van der Waals surface area contributed by atoms with Gasteiger partial charge in [-0.15, -0.1) is 0 Å². The number of hydrogen-bond acceptors (Lipinski definition) is 3. The highest BCUT2D eigenvalue weighted by Gasteiger charge is 2.23. The van der Waals surface area contributed by atoms with Crippen LogP contribution in [0.5, 0.6) is 5.75 Å². The third-order valence-corrected chi connectivity index (χ3v) is 4.30. The van der Waals surface area contributed by atoms with Gasteiger partial charge in [-0.25, -0.2) is 0 Å². The molecule has 0 spiro atoms. The summed E-state index contributed by atoms with van der Waals surface area (Å²) in [6.07, 6.45) is 1.65. The summed E-state index contributed by atoms with van der Waals surface area (Å²) in [5.74, 6) is 0.788. The van der Waals surface area contributed by atoms with Crippen LogP contribution in [0, 0.1) is 20.8 Å².